The van der Waals surface area contributed by atoms with Gasteiger partial charge in [0, 0.05) is 49.7 Å². The number of aliphatic hydroxyl groups is 2. The highest BCUT2D eigenvalue weighted by Crippen LogP contribution is 2.41. The van der Waals surface area contributed by atoms with E-state index in [1.54, 1.807) is 24.5 Å². The minimum atomic E-state index is -0.914. The van der Waals surface area contributed by atoms with Crippen LogP contribution in [0.25, 0.3) is 22.3 Å². The molecule has 0 amide bonds. The van der Waals surface area contributed by atoms with Crippen molar-refractivity contribution in [1.29, 1.82) is 0 Å². The third-order valence-corrected chi connectivity index (χ3v) is 8.04. The molecule has 2 aliphatic heterocycles. The van der Waals surface area contributed by atoms with Gasteiger partial charge in [-0.3, -0.25) is 14.5 Å². The number of aryl methyl sites for hydroxylation is 2. The van der Waals surface area contributed by atoms with E-state index < -0.39 is 6.10 Å². The average Bonchev–Trinajstić information content (AvgIpc) is 3.36. The molecule has 2 aromatic heterocycles. The van der Waals surface area contributed by atoms with E-state index in [-0.39, 0.29) is 30.0 Å². The van der Waals surface area contributed by atoms with Crippen LogP contribution in [0.4, 0.5) is 4.39 Å². The number of aliphatic hydroxyl groups excluding tert-OH is 2. The van der Waals surface area contributed by atoms with E-state index in [1.807, 2.05) is 0 Å². The first-order chi connectivity index (χ1) is 20.3. The van der Waals surface area contributed by atoms with Crippen molar-refractivity contribution in [2.45, 2.75) is 72.6 Å². The van der Waals surface area contributed by atoms with Crippen molar-refractivity contribution in [1.82, 2.24) is 19.8 Å². The van der Waals surface area contributed by atoms with Gasteiger partial charge in [-0.1, -0.05) is 20.3 Å². The van der Waals surface area contributed by atoms with Gasteiger partial charge in [0.2, 0.25) is 0 Å². The molecule has 6 rings (SSSR count). The number of rotatable bonds is 6. The second-order valence-corrected chi connectivity index (χ2v) is 11.1. The molecule has 0 saturated carbocycles. The van der Waals surface area contributed by atoms with Gasteiger partial charge in [0.05, 0.1) is 41.7 Å². The molecule has 1 unspecified atom stereocenters. The molecule has 228 valence electrons. The fourth-order valence-electron chi connectivity index (χ4n) is 6.04. The van der Waals surface area contributed by atoms with Crippen LogP contribution < -0.4 is 10.9 Å². The SMILES string of the molecule is CCC.Cc1c(F)cc2nc3c(c4c2c1CCC4)Cn1c-3cc(C(C)O)c(COC=O)c1=O.OCCN1CCNCC1. The molecule has 1 fully saturated rings. The highest BCUT2D eigenvalue weighted by molar-refractivity contribution is 5.92. The number of carbonyl (C=O) groups is 1. The molecule has 10 heteroatoms. The van der Waals surface area contributed by atoms with Gasteiger partial charge in [-0.25, -0.2) is 9.37 Å². The van der Waals surface area contributed by atoms with E-state index in [4.69, 9.17) is 14.8 Å². The predicted molar refractivity (Wildman–Crippen MR) is 161 cm³/mol. The molecule has 0 radical (unpaired) electrons. The molecule has 3 N–H and O–H groups in total. The highest BCUT2D eigenvalue weighted by atomic mass is 19.1. The van der Waals surface area contributed by atoms with E-state index in [0.29, 0.717) is 41.2 Å². The summed E-state index contributed by atoms with van der Waals surface area (Å²) in [6, 6.07) is 3.22. The Labute approximate surface area is 246 Å². The van der Waals surface area contributed by atoms with Crippen molar-refractivity contribution in [2.75, 3.05) is 39.3 Å². The van der Waals surface area contributed by atoms with Crippen molar-refractivity contribution in [3.05, 3.63) is 61.7 Å². The van der Waals surface area contributed by atoms with Crippen LogP contribution in [0.1, 0.15) is 73.1 Å². The van der Waals surface area contributed by atoms with Crippen LogP contribution in [0.3, 0.4) is 0 Å². The molecule has 1 atom stereocenters. The summed E-state index contributed by atoms with van der Waals surface area (Å²) in [5, 5.41) is 23.1. The Kier molecular flexibility index (Phi) is 10.8. The second-order valence-electron chi connectivity index (χ2n) is 11.1. The van der Waals surface area contributed by atoms with Crippen LogP contribution in [0.5, 0.6) is 0 Å². The fraction of sp³-hybridized carbons (Fsp3) is 0.531. The number of nitrogens with one attached hydrogen (secondary N) is 1. The van der Waals surface area contributed by atoms with Gasteiger partial charge in [-0.2, -0.15) is 0 Å². The zero-order valence-corrected chi connectivity index (χ0v) is 25.1. The number of hydrogen-bond donors (Lipinski definition) is 3. The molecule has 1 saturated heterocycles. The summed E-state index contributed by atoms with van der Waals surface area (Å²) >= 11 is 0. The van der Waals surface area contributed by atoms with Gasteiger partial charge in [-0.05, 0) is 61.4 Å². The number of hydrogen-bond acceptors (Lipinski definition) is 8. The lowest BCUT2D eigenvalue weighted by Gasteiger charge is -2.25. The number of benzene rings is 1. The van der Waals surface area contributed by atoms with Gasteiger partial charge < -0.3 is 24.8 Å². The Bertz CT molecular complexity index is 1480. The number of pyridine rings is 2. The summed E-state index contributed by atoms with van der Waals surface area (Å²) in [7, 11) is 0. The molecule has 0 spiro atoms. The first-order valence-electron chi connectivity index (χ1n) is 14.9. The quantitative estimate of drug-likeness (QED) is 0.296. The van der Waals surface area contributed by atoms with Crippen LogP contribution >= 0.6 is 0 Å². The molecule has 0 bridgehead atoms. The zero-order valence-electron chi connectivity index (χ0n) is 25.1. The third-order valence-electron chi connectivity index (χ3n) is 8.04. The van der Waals surface area contributed by atoms with Crippen LogP contribution in [0.15, 0.2) is 16.9 Å². The minimum Gasteiger partial charge on any atom is -0.463 e. The lowest BCUT2D eigenvalue weighted by atomic mass is 9.85. The summed E-state index contributed by atoms with van der Waals surface area (Å²) in [5.41, 5.74) is 6.02. The molecule has 42 heavy (non-hydrogen) atoms. The number of aromatic nitrogens is 2. The molecule has 9 nitrogen and oxygen atoms in total. The largest absolute Gasteiger partial charge is 0.463 e. The molecule has 3 aromatic rings. The van der Waals surface area contributed by atoms with E-state index in [9.17, 15) is 19.1 Å². The van der Waals surface area contributed by atoms with Crippen molar-refractivity contribution in [2.24, 2.45) is 0 Å². The third kappa shape index (κ3) is 6.41. The summed E-state index contributed by atoms with van der Waals surface area (Å²) in [6.07, 6.45) is 2.93. The summed E-state index contributed by atoms with van der Waals surface area (Å²) in [4.78, 5) is 30.9. The summed E-state index contributed by atoms with van der Waals surface area (Å²) in [6.45, 7) is 13.5. The average molecular weight is 583 g/mol. The van der Waals surface area contributed by atoms with Crippen molar-refractivity contribution >= 4 is 17.4 Å². The van der Waals surface area contributed by atoms with Gasteiger partial charge >= 0.3 is 0 Å². The minimum absolute atomic E-state index is 0.198. The lowest BCUT2D eigenvalue weighted by Crippen LogP contribution is -2.44. The first kappa shape index (κ1) is 31.7. The zero-order chi connectivity index (χ0) is 30.4. The van der Waals surface area contributed by atoms with Crippen LogP contribution in [-0.2, 0) is 35.5 Å². The van der Waals surface area contributed by atoms with Gasteiger partial charge in [0.25, 0.3) is 12.0 Å². The molecule has 4 heterocycles. The molecule has 1 aliphatic carbocycles. The second kappa shape index (κ2) is 14.3. The highest BCUT2D eigenvalue weighted by Gasteiger charge is 2.31. The van der Waals surface area contributed by atoms with E-state index in [0.717, 1.165) is 74.1 Å². The Morgan fingerprint density at radius 1 is 1.17 bits per heavy atom. The van der Waals surface area contributed by atoms with Gasteiger partial charge in [0.1, 0.15) is 12.4 Å². The maximum absolute atomic E-state index is 14.5. The monoisotopic (exact) mass is 582 g/mol. The Hall–Kier alpha value is -3.18. The van der Waals surface area contributed by atoms with E-state index in [2.05, 4.69) is 24.1 Å². The number of piperazine rings is 1. The topological polar surface area (TPSA) is 117 Å². The number of ether oxygens (including phenoxy) is 1. The number of fused-ring (bicyclic) bond motifs is 4. The Morgan fingerprint density at radius 3 is 2.50 bits per heavy atom. The lowest BCUT2D eigenvalue weighted by molar-refractivity contribution is -0.129. The van der Waals surface area contributed by atoms with Gasteiger partial charge in [0.15, 0.2) is 0 Å². The van der Waals surface area contributed by atoms with Crippen molar-refractivity contribution < 1.29 is 24.1 Å². The van der Waals surface area contributed by atoms with E-state index >= 15 is 0 Å². The maximum Gasteiger partial charge on any atom is 0.293 e. The number of nitrogens with zero attached hydrogens (tertiary/aromatic N) is 3. The van der Waals surface area contributed by atoms with Crippen LogP contribution in [0, 0.1) is 12.7 Å². The smallest absolute Gasteiger partial charge is 0.293 e. The molecule has 1 aromatic carbocycles. The van der Waals surface area contributed by atoms with Gasteiger partial charge in [-0.15, -0.1) is 0 Å². The maximum atomic E-state index is 14.5. The predicted octanol–water partition coefficient (Wildman–Crippen LogP) is 3.39. The number of halogens is 1. The van der Waals surface area contributed by atoms with Crippen molar-refractivity contribution in [3.8, 4) is 11.4 Å². The normalized spacial score (nSPS) is 16.0. The Morgan fingerprint density at radius 2 is 1.86 bits per heavy atom. The van der Waals surface area contributed by atoms with Crippen LogP contribution in [-0.4, -0.2) is 70.5 Å². The summed E-state index contributed by atoms with van der Waals surface area (Å²) < 4.78 is 21.0. The van der Waals surface area contributed by atoms with Crippen molar-refractivity contribution in [3.63, 3.8) is 0 Å². The Balaban J connectivity index is 0.000000284. The molecular weight excluding hydrogens is 539 g/mol. The molecule has 3 aliphatic rings. The standard InChI is InChI=1S/C23H21FN2O4.C6H14N2O.C3H8/c1-11-13-4-3-5-14-16-8-26-20(22(16)25-19(21(13)14)7-18(11)24)6-15(12(2)28)17(23(26)29)9-30-10-27;9-6-5-8-3-1-7-2-4-8;1-3-2/h6-7,10,12,28H,3-5,8-9H2,1-2H3;7,9H,1-6H2;3H2,1-2H3. The fourth-order valence-corrected chi connectivity index (χ4v) is 6.04. The summed E-state index contributed by atoms with van der Waals surface area (Å²) in [5.74, 6) is -0.265. The van der Waals surface area contributed by atoms with Crippen LogP contribution in [0.2, 0.25) is 0 Å². The number of carbonyl (C=O) groups excluding carboxylic acids is 1. The van der Waals surface area contributed by atoms with E-state index in [1.165, 1.54) is 12.5 Å². The number of β-amino-alcohol motifs (C(OH)–C–C–N with tert-alkyl or cyclic N) is 1. The molecular formula is C32H43FN4O5. The first-order valence-corrected chi connectivity index (χ1v) is 14.9.